The summed E-state index contributed by atoms with van der Waals surface area (Å²) in [6.45, 7) is 0. The van der Waals surface area contributed by atoms with E-state index in [2.05, 4.69) is 22.1 Å². The average molecular weight is 154 g/mol. The van der Waals surface area contributed by atoms with Gasteiger partial charge in [-0.25, -0.2) is 0 Å². The van der Waals surface area contributed by atoms with E-state index in [4.69, 9.17) is 0 Å². The van der Waals surface area contributed by atoms with E-state index >= 15 is 0 Å². The molecule has 12 heavy (non-hydrogen) atoms. The molecule has 0 atom stereocenters. The van der Waals surface area contributed by atoms with E-state index in [9.17, 15) is 0 Å². The molecular formula is C10H6N2. The first-order chi connectivity index (χ1) is 5.95. The molecule has 1 aliphatic carbocycles. The van der Waals surface area contributed by atoms with Gasteiger partial charge in [-0.15, -0.1) is 0 Å². The van der Waals surface area contributed by atoms with Crippen LogP contribution in [0.3, 0.4) is 0 Å². The minimum atomic E-state index is 1.04. The SMILES string of the molecule is C1=NC2=c3cccnc3=CC2=C1. The third-order valence-electron chi connectivity index (χ3n) is 2.12. The molecule has 2 nitrogen and oxygen atoms in total. The van der Waals surface area contributed by atoms with Gasteiger partial charge in [0.2, 0.25) is 0 Å². The lowest BCUT2D eigenvalue weighted by molar-refractivity contribution is 1.22. The molecule has 0 aromatic carbocycles. The van der Waals surface area contributed by atoms with Crippen LogP contribution in [0, 0.1) is 0 Å². The summed E-state index contributed by atoms with van der Waals surface area (Å²) >= 11 is 0. The first kappa shape index (κ1) is 5.89. The highest BCUT2D eigenvalue weighted by Crippen LogP contribution is 2.18. The lowest BCUT2D eigenvalue weighted by Crippen LogP contribution is -2.25. The molecule has 0 bridgehead atoms. The fourth-order valence-electron chi connectivity index (χ4n) is 1.57. The largest absolute Gasteiger partial charge is 0.256 e. The molecule has 0 fully saturated rings. The Balaban J connectivity index is 2.59. The van der Waals surface area contributed by atoms with E-state index in [-0.39, 0.29) is 0 Å². The molecule has 0 N–H and O–H groups in total. The summed E-state index contributed by atoms with van der Waals surface area (Å²) in [5.41, 5.74) is 2.25. The Hall–Kier alpha value is -1.70. The number of allylic oxidation sites excluding steroid dienone is 1. The number of rotatable bonds is 0. The molecule has 0 saturated carbocycles. The van der Waals surface area contributed by atoms with E-state index in [1.807, 2.05) is 18.4 Å². The van der Waals surface area contributed by atoms with Crippen molar-refractivity contribution in [2.24, 2.45) is 4.99 Å². The van der Waals surface area contributed by atoms with Crippen LogP contribution in [0.25, 0.3) is 11.8 Å². The number of pyridine rings is 1. The number of aliphatic imine (C=N–C) groups is 1. The van der Waals surface area contributed by atoms with E-state index in [1.165, 1.54) is 5.57 Å². The molecule has 1 aliphatic heterocycles. The van der Waals surface area contributed by atoms with Gasteiger partial charge in [0.25, 0.3) is 0 Å². The summed E-state index contributed by atoms with van der Waals surface area (Å²) in [6.07, 6.45) is 7.72. The topological polar surface area (TPSA) is 25.2 Å². The third kappa shape index (κ3) is 0.593. The van der Waals surface area contributed by atoms with Crippen molar-refractivity contribution in [2.45, 2.75) is 0 Å². The quantitative estimate of drug-likeness (QED) is 0.516. The van der Waals surface area contributed by atoms with Crippen LogP contribution in [0.15, 0.2) is 35.0 Å². The maximum absolute atomic E-state index is 4.27. The maximum Gasteiger partial charge on any atom is 0.0797 e. The molecular weight excluding hydrogens is 148 g/mol. The molecule has 56 valence electrons. The van der Waals surface area contributed by atoms with Gasteiger partial charge < -0.3 is 0 Å². The van der Waals surface area contributed by atoms with Gasteiger partial charge in [-0.3, -0.25) is 9.98 Å². The first-order valence-electron chi connectivity index (χ1n) is 3.87. The standard InChI is InChI=1S/C10H6N2/c1-2-8-9(11-4-1)6-7-3-5-12-10(7)8/h1-6H. The summed E-state index contributed by atoms with van der Waals surface area (Å²) in [7, 11) is 0. The Morgan fingerprint density at radius 3 is 3.25 bits per heavy atom. The minimum absolute atomic E-state index is 1.04. The Kier molecular flexibility index (Phi) is 0.939. The third-order valence-corrected chi connectivity index (χ3v) is 2.12. The van der Waals surface area contributed by atoms with Crippen molar-refractivity contribution in [3.63, 3.8) is 0 Å². The van der Waals surface area contributed by atoms with Crippen LogP contribution in [-0.2, 0) is 0 Å². The maximum atomic E-state index is 4.27. The number of hydrogen-bond acceptors (Lipinski definition) is 2. The van der Waals surface area contributed by atoms with E-state index in [0.717, 1.165) is 16.3 Å². The highest BCUT2D eigenvalue weighted by Gasteiger charge is 2.12. The van der Waals surface area contributed by atoms with Crippen molar-refractivity contribution in [3.05, 3.63) is 40.5 Å². The second-order valence-electron chi connectivity index (χ2n) is 2.83. The van der Waals surface area contributed by atoms with Gasteiger partial charge in [-0.1, -0.05) is 0 Å². The number of nitrogens with zero attached hydrogens (tertiary/aromatic N) is 2. The molecule has 2 aliphatic rings. The molecule has 2 heteroatoms. The van der Waals surface area contributed by atoms with Crippen LogP contribution in [0.1, 0.15) is 0 Å². The normalized spacial score (nSPS) is 17.0. The Bertz CT molecular complexity index is 521. The van der Waals surface area contributed by atoms with E-state index < -0.39 is 0 Å². The summed E-state index contributed by atoms with van der Waals surface area (Å²) in [5, 5.41) is 2.19. The van der Waals surface area contributed by atoms with Gasteiger partial charge >= 0.3 is 0 Å². The molecule has 0 radical (unpaired) electrons. The number of aromatic nitrogens is 1. The van der Waals surface area contributed by atoms with Crippen LogP contribution in [0.5, 0.6) is 0 Å². The van der Waals surface area contributed by atoms with Gasteiger partial charge in [-0.2, -0.15) is 0 Å². The van der Waals surface area contributed by atoms with Crippen molar-refractivity contribution in [1.82, 2.24) is 4.98 Å². The average Bonchev–Trinajstić information content (AvgIpc) is 2.62. The van der Waals surface area contributed by atoms with Gasteiger partial charge in [0, 0.05) is 23.2 Å². The molecule has 2 heterocycles. The molecule has 0 spiro atoms. The number of hydrogen-bond donors (Lipinski definition) is 0. The summed E-state index contributed by atoms with van der Waals surface area (Å²) in [6, 6.07) is 3.99. The van der Waals surface area contributed by atoms with Gasteiger partial charge in [0.1, 0.15) is 0 Å². The molecule has 1 aromatic heterocycles. The monoisotopic (exact) mass is 154 g/mol. The van der Waals surface area contributed by atoms with Gasteiger partial charge in [-0.05, 0) is 24.3 Å². The molecule has 0 unspecified atom stereocenters. The highest BCUT2D eigenvalue weighted by atomic mass is 14.8. The predicted octanol–water partition coefficient (Wildman–Crippen LogP) is -0.00530. The van der Waals surface area contributed by atoms with Crippen LogP contribution in [0.2, 0.25) is 0 Å². The van der Waals surface area contributed by atoms with Crippen molar-refractivity contribution < 1.29 is 0 Å². The zero-order valence-electron chi connectivity index (χ0n) is 6.36. The van der Waals surface area contributed by atoms with Gasteiger partial charge in [0.15, 0.2) is 0 Å². The van der Waals surface area contributed by atoms with E-state index in [0.29, 0.717) is 0 Å². The summed E-state index contributed by atoms with van der Waals surface area (Å²) in [5.74, 6) is 0. The molecule has 1 aromatic rings. The van der Waals surface area contributed by atoms with E-state index in [1.54, 1.807) is 6.20 Å². The Morgan fingerprint density at radius 1 is 1.25 bits per heavy atom. The predicted molar refractivity (Wildman–Crippen MR) is 47.9 cm³/mol. The molecule has 3 rings (SSSR count). The van der Waals surface area contributed by atoms with Crippen LogP contribution >= 0.6 is 0 Å². The Labute approximate surface area is 69.3 Å². The van der Waals surface area contributed by atoms with Crippen molar-refractivity contribution in [2.75, 3.05) is 0 Å². The van der Waals surface area contributed by atoms with Crippen molar-refractivity contribution in [1.29, 1.82) is 0 Å². The van der Waals surface area contributed by atoms with Crippen molar-refractivity contribution >= 4 is 18.0 Å². The fraction of sp³-hybridized carbons (Fsp3) is 0. The van der Waals surface area contributed by atoms with Crippen LogP contribution in [-0.4, -0.2) is 11.2 Å². The minimum Gasteiger partial charge on any atom is -0.256 e. The summed E-state index contributed by atoms with van der Waals surface area (Å²) in [4.78, 5) is 8.52. The highest BCUT2D eigenvalue weighted by molar-refractivity contribution is 5.97. The number of fused-ring (bicyclic) bond motifs is 2. The van der Waals surface area contributed by atoms with Crippen LogP contribution in [0.4, 0.5) is 0 Å². The Morgan fingerprint density at radius 2 is 2.25 bits per heavy atom. The van der Waals surface area contributed by atoms with Crippen molar-refractivity contribution in [3.8, 4) is 0 Å². The smallest absolute Gasteiger partial charge is 0.0797 e. The van der Waals surface area contributed by atoms with Gasteiger partial charge in [0.05, 0.1) is 11.0 Å². The lowest BCUT2D eigenvalue weighted by atomic mass is 10.2. The molecule has 0 amide bonds. The van der Waals surface area contributed by atoms with Crippen LogP contribution < -0.4 is 10.6 Å². The fourth-order valence-corrected chi connectivity index (χ4v) is 1.57. The second kappa shape index (κ2) is 1.91. The second-order valence-corrected chi connectivity index (χ2v) is 2.83. The lowest BCUT2D eigenvalue weighted by Gasteiger charge is -1.87. The zero-order valence-corrected chi connectivity index (χ0v) is 6.36. The first-order valence-corrected chi connectivity index (χ1v) is 3.87. The summed E-state index contributed by atoms with van der Waals surface area (Å²) < 4.78 is 0. The zero-order chi connectivity index (χ0) is 7.97. The molecule has 0 saturated heterocycles.